The third kappa shape index (κ3) is 5.43. The number of nitrogens with one attached hydrogen (secondary N) is 1. The van der Waals surface area contributed by atoms with Crippen LogP contribution in [0.15, 0.2) is 52.3 Å². The first kappa shape index (κ1) is 29.8. The van der Waals surface area contributed by atoms with Gasteiger partial charge in [0.1, 0.15) is 11.7 Å². The third-order valence-corrected chi connectivity index (χ3v) is 7.30. The molecule has 0 unspecified atom stereocenters. The predicted molar refractivity (Wildman–Crippen MR) is 143 cm³/mol. The summed E-state index contributed by atoms with van der Waals surface area (Å²) in [6.07, 6.45) is 2.20. The molecule has 4 heterocycles. The summed E-state index contributed by atoms with van der Waals surface area (Å²) in [5, 5.41) is 35.7. The van der Waals surface area contributed by atoms with E-state index in [4.69, 9.17) is 5.73 Å². The van der Waals surface area contributed by atoms with Crippen molar-refractivity contribution in [2.45, 2.75) is 31.3 Å². The van der Waals surface area contributed by atoms with Crippen LogP contribution in [0.1, 0.15) is 25.1 Å². The fourth-order valence-electron chi connectivity index (χ4n) is 4.94. The number of anilines is 2. The zero-order valence-corrected chi connectivity index (χ0v) is 24.2. The summed E-state index contributed by atoms with van der Waals surface area (Å²) in [7, 11) is 0. The van der Waals surface area contributed by atoms with Gasteiger partial charge in [-0.2, -0.15) is 9.36 Å². The largest absolute Gasteiger partial charge is 0.477 e. The van der Waals surface area contributed by atoms with Crippen LogP contribution < -0.4 is 16.0 Å². The minimum Gasteiger partial charge on any atom is -0.477 e. The average Bonchev–Trinajstić information content (AvgIpc) is 3.52. The van der Waals surface area contributed by atoms with Gasteiger partial charge < -0.3 is 26.3 Å². The maximum atomic E-state index is 13.1. The summed E-state index contributed by atoms with van der Waals surface area (Å²) in [5.41, 5.74) is 5.39. The second-order valence-corrected chi connectivity index (χ2v) is 9.79. The van der Waals surface area contributed by atoms with Gasteiger partial charge in [0.2, 0.25) is 11.5 Å². The maximum absolute atomic E-state index is 13.1. The molecule has 1 radical (unpaired) electrons. The fourth-order valence-corrected chi connectivity index (χ4v) is 5.38. The average molecular weight is 592 g/mol. The van der Waals surface area contributed by atoms with Crippen LogP contribution in [-0.2, 0) is 19.2 Å². The smallest absolute Gasteiger partial charge is 0.352 e. The number of fused-ring (bicyclic) bond motifs is 1. The second-order valence-electron chi connectivity index (χ2n) is 9.00. The van der Waals surface area contributed by atoms with E-state index in [-0.39, 0.29) is 83.3 Å². The van der Waals surface area contributed by atoms with Gasteiger partial charge in [0.05, 0.1) is 16.7 Å². The summed E-state index contributed by atoms with van der Waals surface area (Å²) >= 11 is 0.779. The Kier molecular flexibility index (Phi) is 8.52. The number of carbonyl (C=O) groups is 4. The van der Waals surface area contributed by atoms with Crippen LogP contribution in [0.2, 0.25) is 0 Å². The van der Waals surface area contributed by atoms with E-state index in [0.29, 0.717) is 11.3 Å². The number of rotatable bonds is 7. The van der Waals surface area contributed by atoms with E-state index < -0.39 is 46.4 Å². The van der Waals surface area contributed by atoms with Crippen molar-refractivity contribution in [1.82, 2.24) is 19.6 Å². The number of carboxylic acids is 1. The minimum absolute atomic E-state index is 0. The van der Waals surface area contributed by atoms with E-state index in [1.54, 1.807) is 6.07 Å². The molecule has 3 aliphatic rings. The van der Waals surface area contributed by atoms with Crippen LogP contribution in [0.4, 0.5) is 16.5 Å². The van der Waals surface area contributed by atoms with Crippen LogP contribution in [0.5, 0.6) is 0 Å². The number of nitrogens with two attached hydrogens (primary N) is 1. The van der Waals surface area contributed by atoms with Gasteiger partial charge >= 0.3 is 5.97 Å². The molecule has 2 saturated heterocycles. The van der Waals surface area contributed by atoms with E-state index in [1.807, 2.05) is 0 Å². The number of hydrogen-bond acceptors (Lipinski definition) is 12. The number of nitro groups is 1. The summed E-state index contributed by atoms with van der Waals surface area (Å²) < 4.78 is 3.80. The number of hydrogen-bond donors (Lipinski definition) is 4. The van der Waals surface area contributed by atoms with Crippen LogP contribution in [-0.4, -0.2) is 107 Å². The number of benzene rings is 1. The number of allylic oxidation sites excluding steroid dienone is 2. The maximum Gasteiger partial charge on any atom is 0.352 e. The van der Waals surface area contributed by atoms with Crippen molar-refractivity contribution in [3.63, 3.8) is 0 Å². The molecule has 18 heteroatoms. The number of nitrogens with zero attached hydrogens (tertiary/aromatic N) is 6. The Morgan fingerprint density at radius 2 is 2.05 bits per heavy atom. The number of non-ortho nitro benzene ring substituents is 1. The fraction of sp³-hybridized carbons (Fsp3) is 0.261. The molecule has 2 atom stereocenters. The van der Waals surface area contributed by atoms with Crippen LogP contribution in [0.3, 0.4) is 0 Å². The molecular formula is C23H20N8NaO8S. The van der Waals surface area contributed by atoms with Crippen molar-refractivity contribution in [2.75, 3.05) is 17.2 Å². The van der Waals surface area contributed by atoms with E-state index in [1.165, 1.54) is 29.2 Å². The number of carbonyl (C=O) groups excluding carboxylic acids is 3. The Balaban J connectivity index is 0.00000387. The van der Waals surface area contributed by atoms with Crippen molar-refractivity contribution in [1.29, 1.82) is 0 Å². The summed E-state index contributed by atoms with van der Waals surface area (Å²) in [5.74, 6) is -3.66. The zero-order chi connectivity index (χ0) is 28.7. The topological polar surface area (TPSA) is 235 Å². The Morgan fingerprint density at radius 1 is 1.29 bits per heavy atom. The number of aliphatic carboxylic acids is 1. The third-order valence-electron chi connectivity index (χ3n) is 6.76. The van der Waals surface area contributed by atoms with Gasteiger partial charge in [0.15, 0.2) is 5.13 Å². The molecule has 5 rings (SSSR count). The molecule has 1 aromatic carbocycles. The van der Waals surface area contributed by atoms with Gasteiger partial charge in [0, 0.05) is 65.3 Å². The minimum atomic E-state index is -1.38. The van der Waals surface area contributed by atoms with Crippen molar-refractivity contribution in [3.05, 3.63) is 63.1 Å². The van der Waals surface area contributed by atoms with Crippen LogP contribution in [0.25, 0.3) is 0 Å². The summed E-state index contributed by atoms with van der Waals surface area (Å²) in [6, 6.07) is 3.87. The van der Waals surface area contributed by atoms with Gasteiger partial charge in [-0.3, -0.25) is 29.4 Å². The monoisotopic (exact) mass is 591 g/mol. The summed E-state index contributed by atoms with van der Waals surface area (Å²) in [6.45, 7) is 0.245. The first-order chi connectivity index (χ1) is 19.1. The molecule has 207 valence electrons. The van der Waals surface area contributed by atoms with E-state index in [2.05, 4.69) is 19.8 Å². The SMILES string of the molecule is Nc1nc(/C(=N/O)C(=O)N[C@H]2C(=O)N3C(C(=O)O)=C(/C=C4\CCN(c5cccc([N+](=O)[O-])c5)C4=O)CC[C@@H]23)ns1.[Na]. The van der Waals surface area contributed by atoms with Crippen molar-refractivity contribution >= 4 is 87.0 Å². The molecule has 2 fully saturated rings. The van der Waals surface area contributed by atoms with Crippen molar-refractivity contribution in [2.24, 2.45) is 5.16 Å². The first-order valence-corrected chi connectivity index (χ1v) is 12.6. The Labute approximate surface area is 256 Å². The molecule has 1 aromatic heterocycles. The van der Waals surface area contributed by atoms with Crippen LogP contribution >= 0.6 is 11.5 Å². The van der Waals surface area contributed by atoms with Crippen molar-refractivity contribution < 1.29 is 34.4 Å². The number of oxime groups is 1. The number of amides is 3. The molecule has 0 saturated carbocycles. The van der Waals surface area contributed by atoms with Gasteiger partial charge in [-0.15, -0.1) is 0 Å². The molecule has 3 amide bonds. The molecule has 0 bridgehead atoms. The van der Waals surface area contributed by atoms with E-state index in [0.717, 1.165) is 16.4 Å². The normalized spacial score (nSPS) is 21.4. The molecule has 5 N–H and O–H groups in total. The Morgan fingerprint density at radius 3 is 2.68 bits per heavy atom. The van der Waals surface area contributed by atoms with E-state index in [9.17, 15) is 39.6 Å². The summed E-state index contributed by atoms with van der Waals surface area (Å²) in [4.78, 5) is 67.7. The molecule has 2 aromatic rings. The number of carboxylic acid groups (broad SMARTS) is 1. The number of nitrogen functional groups attached to an aromatic ring is 1. The number of β-lactam (4-membered cyclic amide) rings is 1. The molecule has 16 nitrogen and oxygen atoms in total. The molecular weight excluding hydrogens is 571 g/mol. The Hall–Kier alpha value is -4.19. The molecule has 0 aliphatic carbocycles. The van der Waals surface area contributed by atoms with E-state index >= 15 is 0 Å². The van der Waals surface area contributed by atoms with Crippen LogP contribution in [0, 0.1) is 10.1 Å². The second kappa shape index (κ2) is 11.7. The zero-order valence-electron chi connectivity index (χ0n) is 21.4. The number of aromatic nitrogens is 2. The van der Waals surface area contributed by atoms with Gasteiger partial charge in [-0.05, 0) is 37.0 Å². The number of nitro benzene ring substituents is 1. The Bertz CT molecular complexity index is 1570. The van der Waals surface area contributed by atoms with Gasteiger partial charge in [-0.1, -0.05) is 11.2 Å². The first-order valence-electron chi connectivity index (χ1n) is 11.8. The van der Waals surface area contributed by atoms with Crippen molar-refractivity contribution in [3.8, 4) is 0 Å². The molecule has 41 heavy (non-hydrogen) atoms. The molecule has 0 spiro atoms. The van der Waals surface area contributed by atoms with Gasteiger partial charge in [0.25, 0.3) is 23.4 Å². The quantitative estimate of drug-likeness (QED) is 0.0637. The van der Waals surface area contributed by atoms with Gasteiger partial charge in [-0.25, -0.2) is 4.79 Å². The standard InChI is InChI=1S/C23H20N8O8S.Na/c24-23-26-18(28-40-23)16(27-37)19(32)25-15-14-5-4-10(17(22(35)36)30(14)21(15)34)8-11-6-7-29(20(11)33)12-2-1-3-13(9-12)31(38)39;/h1-3,8-9,14-15,37H,4-7H2,(H,25,32)(H,35,36)(H2,24,26,28);/b11-8+,27-16-;/t14-,15+;/m0./s1. The predicted octanol–water partition coefficient (Wildman–Crippen LogP) is 0.0174. The molecule has 3 aliphatic heterocycles.